The molecular formula is C15H10FNO2. The fourth-order valence-electron chi connectivity index (χ4n) is 2.20. The normalized spacial score (nSPS) is 10.8. The molecule has 0 amide bonds. The van der Waals surface area contributed by atoms with E-state index >= 15 is 0 Å². The molecule has 0 aliphatic rings. The Morgan fingerprint density at radius 3 is 2.42 bits per heavy atom. The van der Waals surface area contributed by atoms with Gasteiger partial charge in [0.1, 0.15) is 5.82 Å². The second kappa shape index (κ2) is 4.24. The number of para-hydroxylation sites is 1. The summed E-state index contributed by atoms with van der Waals surface area (Å²) in [6.07, 6.45) is 0. The average molecular weight is 255 g/mol. The van der Waals surface area contributed by atoms with E-state index in [1.165, 1.54) is 12.1 Å². The minimum atomic E-state index is -1.00. The molecule has 0 aliphatic heterocycles. The van der Waals surface area contributed by atoms with Crippen molar-refractivity contribution in [2.75, 3.05) is 0 Å². The topological polar surface area (TPSA) is 53.1 Å². The predicted octanol–water partition coefficient (Wildman–Crippen LogP) is 3.67. The molecule has 0 radical (unpaired) electrons. The van der Waals surface area contributed by atoms with Crippen LogP contribution in [-0.4, -0.2) is 16.1 Å². The molecule has 0 atom stereocenters. The van der Waals surface area contributed by atoms with Gasteiger partial charge in [-0.25, -0.2) is 9.18 Å². The van der Waals surface area contributed by atoms with Crippen molar-refractivity contribution in [2.45, 2.75) is 0 Å². The van der Waals surface area contributed by atoms with E-state index in [0.29, 0.717) is 16.6 Å². The summed E-state index contributed by atoms with van der Waals surface area (Å²) in [4.78, 5) is 14.5. The van der Waals surface area contributed by atoms with Gasteiger partial charge in [0.2, 0.25) is 0 Å². The van der Waals surface area contributed by atoms with E-state index in [1.54, 1.807) is 24.3 Å². The van der Waals surface area contributed by atoms with Crippen LogP contribution in [0.1, 0.15) is 10.4 Å². The summed E-state index contributed by atoms with van der Waals surface area (Å²) < 4.78 is 12.9. The molecule has 3 nitrogen and oxygen atoms in total. The van der Waals surface area contributed by atoms with E-state index in [-0.39, 0.29) is 11.4 Å². The molecule has 1 heterocycles. The van der Waals surface area contributed by atoms with Crippen LogP contribution in [0.15, 0.2) is 48.5 Å². The molecule has 0 spiro atoms. The van der Waals surface area contributed by atoms with Gasteiger partial charge in [-0.1, -0.05) is 18.2 Å². The summed E-state index contributed by atoms with van der Waals surface area (Å²) >= 11 is 0. The quantitative estimate of drug-likeness (QED) is 0.734. The number of halogens is 1. The second-order valence-corrected chi connectivity index (χ2v) is 4.23. The first-order valence-corrected chi connectivity index (χ1v) is 5.77. The van der Waals surface area contributed by atoms with Crippen LogP contribution in [0, 0.1) is 5.82 Å². The fraction of sp³-hybridized carbons (Fsp3) is 0. The Morgan fingerprint density at radius 2 is 1.74 bits per heavy atom. The highest BCUT2D eigenvalue weighted by atomic mass is 19.1. The number of benzene rings is 2. The van der Waals surface area contributed by atoms with E-state index in [4.69, 9.17) is 0 Å². The smallest absolute Gasteiger partial charge is 0.338 e. The molecule has 0 bridgehead atoms. The highest BCUT2D eigenvalue weighted by Gasteiger charge is 2.18. The summed E-state index contributed by atoms with van der Waals surface area (Å²) in [5.41, 5.74) is 2.10. The lowest BCUT2D eigenvalue weighted by Gasteiger charge is -2.00. The first kappa shape index (κ1) is 11.5. The van der Waals surface area contributed by atoms with Gasteiger partial charge in [0.15, 0.2) is 0 Å². The van der Waals surface area contributed by atoms with Crippen LogP contribution < -0.4 is 0 Å². The number of aromatic amines is 1. The highest BCUT2D eigenvalue weighted by Crippen LogP contribution is 2.30. The lowest BCUT2D eigenvalue weighted by molar-refractivity contribution is 0.0700. The molecule has 2 aromatic carbocycles. The number of carboxylic acid groups (broad SMARTS) is 1. The summed E-state index contributed by atoms with van der Waals surface area (Å²) in [6.45, 7) is 0. The number of carboxylic acids is 1. The van der Waals surface area contributed by atoms with Gasteiger partial charge in [0.25, 0.3) is 0 Å². The Balaban J connectivity index is 2.31. The molecule has 3 rings (SSSR count). The Labute approximate surface area is 108 Å². The molecule has 3 aromatic rings. The summed E-state index contributed by atoms with van der Waals surface area (Å²) in [5.74, 6) is -1.35. The minimum absolute atomic E-state index is 0.210. The zero-order chi connectivity index (χ0) is 13.4. The van der Waals surface area contributed by atoms with E-state index < -0.39 is 5.97 Å². The Bertz CT molecular complexity index is 759. The lowest BCUT2D eigenvalue weighted by Crippen LogP contribution is -1.97. The number of aromatic carboxylic acids is 1. The van der Waals surface area contributed by atoms with Crippen LogP contribution in [0.4, 0.5) is 4.39 Å². The van der Waals surface area contributed by atoms with Crippen molar-refractivity contribution < 1.29 is 14.3 Å². The van der Waals surface area contributed by atoms with Crippen molar-refractivity contribution in [3.63, 3.8) is 0 Å². The predicted molar refractivity (Wildman–Crippen MR) is 70.7 cm³/mol. The van der Waals surface area contributed by atoms with Gasteiger partial charge in [-0.05, 0) is 35.9 Å². The number of rotatable bonds is 2. The average Bonchev–Trinajstić information content (AvgIpc) is 2.78. The molecule has 2 N–H and O–H groups in total. The molecule has 0 fully saturated rings. The number of nitrogens with one attached hydrogen (secondary N) is 1. The van der Waals surface area contributed by atoms with E-state index in [2.05, 4.69) is 4.98 Å². The third kappa shape index (κ3) is 1.87. The second-order valence-electron chi connectivity index (χ2n) is 4.23. The summed E-state index contributed by atoms with van der Waals surface area (Å²) in [5, 5.41) is 10.0. The molecular weight excluding hydrogens is 245 g/mol. The molecule has 0 aliphatic carbocycles. The lowest BCUT2D eigenvalue weighted by atomic mass is 10.1. The van der Waals surface area contributed by atoms with E-state index in [0.717, 1.165) is 5.52 Å². The van der Waals surface area contributed by atoms with Crippen molar-refractivity contribution in [1.29, 1.82) is 0 Å². The zero-order valence-electron chi connectivity index (χ0n) is 9.85. The van der Waals surface area contributed by atoms with Gasteiger partial charge >= 0.3 is 5.97 Å². The third-order valence-electron chi connectivity index (χ3n) is 3.05. The van der Waals surface area contributed by atoms with Gasteiger partial charge in [-0.15, -0.1) is 0 Å². The summed E-state index contributed by atoms with van der Waals surface area (Å²) in [6, 6.07) is 12.9. The van der Waals surface area contributed by atoms with Crippen LogP contribution in [0.25, 0.3) is 22.2 Å². The molecule has 94 valence electrons. The van der Waals surface area contributed by atoms with Crippen LogP contribution in [0.3, 0.4) is 0 Å². The SMILES string of the molecule is O=C(O)c1c(-c2ccc(F)cc2)[nH]c2ccccc12. The van der Waals surface area contributed by atoms with Crippen LogP contribution >= 0.6 is 0 Å². The van der Waals surface area contributed by atoms with E-state index in [9.17, 15) is 14.3 Å². The van der Waals surface area contributed by atoms with Gasteiger partial charge in [0.05, 0.1) is 11.3 Å². The highest BCUT2D eigenvalue weighted by molar-refractivity contribution is 6.09. The number of fused-ring (bicyclic) bond motifs is 1. The molecule has 1 aromatic heterocycles. The van der Waals surface area contributed by atoms with Crippen LogP contribution in [0.2, 0.25) is 0 Å². The molecule has 19 heavy (non-hydrogen) atoms. The van der Waals surface area contributed by atoms with Crippen molar-refractivity contribution in [1.82, 2.24) is 4.98 Å². The molecule has 0 saturated carbocycles. The number of aromatic nitrogens is 1. The Morgan fingerprint density at radius 1 is 1.05 bits per heavy atom. The standard InChI is InChI=1S/C15H10FNO2/c16-10-7-5-9(6-8-10)14-13(15(18)19)11-3-1-2-4-12(11)17-14/h1-8,17H,(H,18,19). The largest absolute Gasteiger partial charge is 0.478 e. The van der Waals surface area contributed by atoms with Crippen molar-refractivity contribution >= 4 is 16.9 Å². The summed E-state index contributed by atoms with van der Waals surface area (Å²) in [7, 11) is 0. The van der Waals surface area contributed by atoms with Gasteiger partial charge in [0, 0.05) is 10.9 Å². The van der Waals surface area contributed by atoms with E-state index in [1.807, 2.05) is 12.1 Å². The maximum absolute atomic E-state index is 12.9. The number of carbonyl (C=O) groups is 1. The van der Waals surface area contributed by atoms with Crippen LogP contribution in [-0.2, 0) is 0 Å². The van der Waals surface area contributed by atoms with Crippen LogP contribution in [0.5, 0.6) is 0 Å². The Kier molecular flexibility index (Phi) is 2.56. The van der Waals surface area contributed by atoms with Crippen molar-refractivity contribution in [3.05, 3.63) is 59.9 Å². The molecule has 4 heteroatoms. The number of hydrogen-bond donors (Lipinski definition) is 2. The zero-order valence-corrected chi connectivity index (χ0v) is 9.85. The number of hydrogen-bond acceptors (Lipinski definition) is 1. The van der Waals surface area contributed by atoms with Gasteiger partial charge in [-0.3, -0.25) is 0 Å². The number of H-pyrrole nitrogens is 1. The van der Waals surface area contributed by atoms with Crippen molar-refractivity contribution in [2.24, 2.45) is 0 Å². The fourth-order valence-corrected chi connectivity index (χ4v) is 2.20. The van der Waals surface area contributed by atoms with Gasteiger partial charge in [-0.2, -0.15) is 0 Å². The van der Waals surface area contributed by atoms with Gasteiger partial charge < -0.3 is 10.1 Å². The minimum Gasteiger partial charge on any atom is -0.478 e. The first-order chi connectivity index (χ1) is 9.16. The van der Waals surface area contributed by atoms with Crippen molar-refractivity contribution in [3.8, 4) is 11.3 Å². The monoisotopic (exact) mass is 255 g/mol. The first-order valence-electron chi connectivity index (χ1n) is 5.77. The maximum atomic E-state index is 12.9. The molecule has 0 saturated heterocycles. The Hall–Kier alpha value is -2.62. The third-order valence-corrected chi connectivity index (χ3v) is 3.05. The maximum Gasteiger partial charge on any atom is 0.338 e. The molecule has 0 unspecified atom stereocenters.